The lowest BCUT2D eigenvalue weighted by Crippen LogP contribution is -2.39. The van der Waals surface area contributed by atoms with Gasteiger partial charge < -0.3 is 15.1 Å². The van der Waals surface area contributed by atoms with Crippen LogP contribution in [0.5, 0.6) is 0 Å². The van der Waals surface area contributed by atoms with Crippen molar-refractivity contribution < 1.29 is 5.11 Å². The van der Waals surface area contributed by atoms with E-state index in [1.165, 1.54) is 6.42 Å². The number of hydrogen-bond donors (Lipinski definition) is 3. The second kappa shape index (κ2) is 3.49. The first-order valence-electron chi connectivity index (χ1n) is 5.64. The van der Waals surface area contributed by atoms with Gasteiger partial charge in [-0.25, -0.2) is 4.98 Å². The highest BCUT2D eigenvalue weighted by Crippen LogP contribution is 2.42. The van der Waals surface area contributed by atoms with E-state index in [1.54, 1.807) is 0 Å². The molecular weight excluding hydrogens is 202 g/mol. The average molecular weight is 217 g/mol. The minimum atomic E-state index is -0.106. The van der Waals surface area contributed by atoms with Crippen molar-refractivity contribution in [3.8, 4) is 11.4 Å². The van der Waals surface area contributed by atoms with Gasteiger partial charge in [0.2, 0.25) is 0 Å². The predicted molar refractivity (Wildman–Crippen MR) is 61.0 cm³/mol. The Labute approximate surface area is 93.7 Å². The van der Waals surface area contributed by atoms with Gasteiger partial charge >= 0.3 is 0 Å². The lowest BCUT2D eigenvalue weighted by atomic mass is 9.69. The minimum Gasteiger partial charge on any atom is -0.395 e. The summed E-state index contributed by atoms with van der Waals surface area (Å²) < 4.78 is 0. The number of aromatic nitrogens is 3. The molecule has 84 valence electrons. The summed E-state index contributed by atoms with van der Waals surface area (Å²) in [5.74, 6) is 0.922. The van der Waals surface area contributed by atoms with E-state index in [0.29, 0.717) is 0 Å². The number of H-pyrrole nitrogens is 2. The molecule has 4 heteroatoms. The minimum absolute atomic E-state index is 0.106. The molecule has 1 fully saturated rings. The van der Waals surface area contributed by atoms with Crippen LogP contribution in [-0.2, 0) is 5.41 Å². The SMILES string of the molecule is OCC1(c2ncc(-c3ccc[nH]3)[nH]2)CCC1. The summed E-state index contributed by atoms with van der Waals surface area (Å²) in [6.07, 6.45) is 6.96. The third-order valence-electron chi connectivity index (χ3n) is 3.58. The van der Waals surface area contributed by atoms with Gasteiger partial charge in [-0.05, 0) is 25.0 Å². The summed E-state index contributed by atoms with van der Waals surface area (Å²) >= 11 is 0. The molecule has 0 aliphatic heterocycles. The van der Waals surface area contributed by atoms with Gasteiger partial charge in [0.1, 0.15) is 5.82 Å². The van der Waals surface area contributed by atoms with Gasteiger partial charge in [-0.15, -0.1) is 0 Å². The van der Waals surface area contributed by atoms with Crippen LogP contribution >= 0.6 is 0 Å². The van der Waals surface area contributed by atoms with Crippen molar-refractivity contribution in [1.29, 1.82) is 0 Å². The molecule has 2 aromatic heterocycles. The van der Waals surface area contributed by atoms with Crippen LogP contribution in [0, 0.1) is 0 Å². The van der Waals surface area contributed by atoms with Gasteiger partial charge in [-0.2, -0.15) is 0 Å². The second-order valence-electron chi connectivity index (χ2n) is 4.52. The zero-order valence-corrected chi connectivity index (χ0v) is 9.03. The molecule has 16 heavy (non-hydrogen) atoms. The van der Waals surface area contributed by atoms with Crippen LogP contribution in [0.25, 0.3) is 11.4 Å². The Morgan fingerprint density at radius 3 is 2.81 bits per heavy atom. The Bertz CT molecular complexity index is 463. The Morgan fingerprint density at radius 2 is 2.25 bits per heavy atom. The maximum absolute atomic E-state index is 9.46. The van der Waals surface area contributed by atoms with E-state index >= 15 is 0 Å². The summed E-state index contributed by atoms with van der Waals surface area (Å²) in [4.78, 5) is 10.8. The first-order chi connectivity index (χ1) is 7.84. The molecule has 1 aliphatic carbocycles. The average Bonchev–Trinajstić information content (AvgIpc) is 2.86. The van der Waals surface area contributed by atoms with E-state index in [1.807, 2.05) is 24.5 Å². The Kier molecular flexibility index (Phi) is 2.11. The van der Waals surface area contributed by atoms with Crippen molar-refractivity contribution in [2.24, 2.45) is 0 Å². The molecule has 3 rings (SSSR count). The molecule has 4 nitrogen and oxygen atoms in total. The fraction of sp³-hybridized carbons (Fsp3) is 0.417. The third-order valence-corrected chi connectivity index (χ3v) is 3.58. The standard InChI is InChI=1S/C12H15N3O/c16-8-12(4-2-5-12)11-14-7-10(15-11)9-3-1-6-13-9/h1,3,6-7,13,16H,2,4-5,8H2,(H,14,15). The summed E-state index contributed by atoms with van der Waals surface area (Å²) in [5.41, 5.74) is 1.91. The number of nitrogens with zero attached hydrogens (tertiary/aromatic N) is 1. The van der Waals surface area contributed by atoms with Crippen molar-refractivity contribution in [3.63, 3.8) is 0 Å². The van der Waals surface area contributed by atoms with E-state index in [0.717, 1.165) is 30.1 Å². The number of aromatic amines is 2. The zero-order chi connectivity index (χ0) is 11.0. The quantitative estimate of drug-likeness (QED) is 0.734. The van der Waals surface area contributed by atoms with Crippen molar-refractivity contribution >= 4 is 0 Å². The molecule has 0 bridgehead atoms. The number of aliphatic hydroxyl groups is 1. The molecule has 0 atom stereocenters. The van der Waals surface area contributed by atoms with E-state index in [9.17, 15) is 5.11 Å². The Balaban J connectivity index is 1.93. The summed E-state index contributed by atoms with van der Waals surface area (Å²) in [6, 6.07) is 3.96. The number of aliphatic hydroxyl groups excluding tert-OH is 1. The molecule has 0 saturated heterocycles. The lowest BCUT2D eigenvalue weighted by Gasteiger charge is -2.38. The fourth-order valence-electron chi connectivity index (χ4n) is 2.30. The van der Waals surface area contributed by atoms with Crippen molar-refractivity contribution in [2.45, 2.75) is 24.7 Å². The van der Waals surface area contributed by atoms with Crippen LogP contribution < -0.4 is 0 Å². The number of hydrogen-bond acceptors (Lipinski definition) is 2. The highest BCUT2D eigenvalue weighted by atomic mass is 16.3. The smallest absolute Gasteiger partial charge is 0.115 e. The molecule has 1 saturated carbocycles. The molecule has 2 aromatic rings. The van der Waals surface area contributed by atoms with E-state index < -0.39 is 0 Å². The predicted octanol–water partition coefficient (Wildman–Crippen LogP) is 1.82. The van der Waals surface area contributed by atoms with Gasteiger partial charge in [-0.3, -0.25) is 0 Å². The molecular formula is C12H15N3O. The molecule has 0 spiro atoms. The molecule has 0 unspecified atom stereocenters. The molecule has 3 N–H and O–H groups in total. The number of rotatable bonds is 3. The van der Waals surface area contributed by atoms with Crippen LogP contribution in [0.15, 0.2) is 24.5 Å². The van der Waals surface area contributed by atoms with Gasteiger partial charge in [0, 0.05) is 6.20 Å². The van der Waals surface area contributed by atoms with Gasteiger partial charge in [0.05, 0.1) is 29.6 Å². The fourth-order valence-corrected chi connectivity index (χ4v) is 2.30. The highest BCUT2D eigenvalue weighted by Gasteiger charge is 2.40. The first kappa shape index (κ1) is 9.66. The molecule has 1 aliphatic rings. The normalized spacial score (nSPS) is 18.3. The van der Waals surface area contributed by atoms with Gasteiger partial charge in [0.25, 0.3) is 0 Å². The first-order valence-corrected chi connectivity index (χ1v) is 5.64. The highest BCUT2D eigenvalue weighted by molar-refractivity contribution is 5.53. The van der Waals surface area contributed by atoms with E-state index in [4.69, 9.17) is 0 Å². The summed E-state index contributed by atoms with van der Waals surface area (Å²) in [5, 5.41) is 9.46. The molecule has 0 aromatic carbocycles. The largest absolute Gasteiger partial charge is 0.395 e. The summed E-state index contributed by atoms with van der Waals surface area (Å²) in [7, 11) is 0. The molecule has 0 amide bonds. The van der Waals surface area contributed by atoms with Crippen molar-refractivity contribution in [1.82, 2.24) is 15.0 Å². The lowest BCUT2D eigenvalue weighted by molar-refractivity contribution is 0.113. The van der Waals surface area contributed by atoms with Crippen molar-refractivity contribution in [3.05, 3.63) is 30.4 Å². The maximum Gasteiger partial charge on any atom is 0.115 e. The third kappa shape index (κ3) is 1.30. The number of nitrogens with one attached hydrogen (secondary N) is 2. The zero-order valence-electron chi connectivity index (χ0n) is 9.03. The van der Waals surface area contributed by atoms with E-state index in [2.05, 4.69) is 15.0 Å². The summed E-state index contributed by atoms with van der Waals surface area (Å²) in [6.45, 7) is 0.185. The van der Waals surface area contributed by atoms with Crippen LogP contribution in [-0.4, -0.2) is 26.7 Å². The monoisotopic (exact) mass is 217 g/mol. The van der Waals surface area contributed by atoms with Crippen LogP contribution in [0.2, 0.25) is 0 Å². The number of imidazole rings is 1. The van der Waals surface area contributed by atoms with Gasteiger partial charge in [-0.1, -0.05) is 6.42 Å². The van der Waals surface area contributed by atoms with E-state index in [-0.39, 0.29) is 12.0 Å². The Morgan fingerprint density at radius 1 is 1.38 bits per heavy atom. The van der Waals surface area contributed by atoms with Crippen LogP contribution in [0.4, 0.5) is 0 Å². The van der Waals surface area contributed by atoms with Crippen LogP contribution in [0.3, 0.4) is 0 Å². The molecule has 0 radical (unpaired) electrons. The van der Waals surface area contributed by atoms with Crippen LogP contribution in [0.1, 0.15) is 25.1 Å². The van der Waals surface area contributed by atoms with Gasteiger partial charge in [0.15, 0.2) is 0 Å². The maximum atomic E-state index is 9.46. The topological polar surface area (TPSA) is 64.7 Å². The molecule has 2 heterocycles. The Hall–Kier alpha value is -1.55. The second-order valence-corrected chi connectivity index (χ2v) is 4.52. The van der Waals surface area contributed by atoms with Crippen molar-refractivity contribution in [2.75, 3.05) is 6.61 Å².